The number of alkyl halides is 1. The van der Waals surface area contributed by atoms with E-state index >= 15 is 0 Å². The lowest BCUT2D eigenvalue weighted by Crippen LogP contribution is -2.03. The molecule has 0 amide bonds. The molecule has 0 aliphatic heterocycles. The summed E-state index contributed by atoms with van der Waals surface area (Å²) in [6.07, 6.45) is 8.68. The lowest BCUT2D eigenvalue weighted by Gasteiger charge is -2.19. The van der Waals surface area contributed by atoms with Gasteiger partial charge in [0.15, 0.2) is 5.65 Å². The van der Waals surface area contributed by atoms with Crippen molar-refractivity contribution in [3.05, 3.63) is 95.8 Å². The molecule has 6 rings (SSSR count). The molecule has 0 radical (unpaired) electrons. The van der Waals surface area contributed by atoms with E-state index in [2.05, 4.69) is 68.4 Å². The number of fused-ring (bicyclic) bond motifs is 6. The molecule has 0 saturated heterocycles. The van der Waals surface area contributed by atoms with Gasteiger partial charge in [-0.25, -0.2) is 9.97 Å². The molecule has 3 heteroatoms. The van der Waals surface area contributed by atoms with Gasteiger partial charge in [-0.2, -0.15) is 0 Å². The van der Waals surface area contributed by atoms with Crippen LogP contribution in [0.1, 0.15) is 29.5 Å². The molecule has 0 bridgehead atoms. The second-order valence-electron chi connectivity index (χ2n) is 7.77. The number of hydrogen-bond acceptors (Lipinski definition) is 2. The molecule has 30 heavy (non-hydrogen) atoms. The molecule has 0 spiro atoms. The molecule has 0 atom stereocenters. The van der Waals surface area contributed by atoms with Crippen molar-refractivity contribution in [2.24, 2.45) is 0 Å². The topological polar surface area (TPSA) is 25.8 Å². The number of rotatable bonds is 1. The highest BCUT2D eigenvalue weighted by Crippen LogP contribution is 2.34. The minimum Gasteiger partial charge on any atom is -0.237 e. The maximum absolute atomic E-state index is 4.07. The highest BCUT2D eigenvalue weighted by atomic mass is 79.9. The number of halogens is 1. The smallest absolute Gasteiger partial charge is 0.159 e. The van der Waals surface area contributed by atoms with Gasteiger partial charge in [0.1, 0.15) is 0 Å². The Morgan fingerprint density at radius 2 is 1.37 bits per heavy atom. The zero-order valence-electron chi connectivity index (χ0n) is 16.8. The maximum Gasteiger partial charge on any atom is 0.159 e. The number of aromatic nitrogens is 2. The number of aryl methyl sites for hydroxylation is 2. The number of hydrogen-bond donors (Lipinski definition) is 0. The fourth-order valence-corrected chi connectivity index (χ4v) is 5.01. The SMILES string of the molecule is BrCc1cccc2c1ccc1c3c(ccc12)CCCC3.c1cnc2ncccc2c1. The first kappa shape index (κ1) is 19.2. The molecule has 1 aliphatic carbocycles. The van der Waals surface area contributed by atoms with Crippen LogP contribution < -0.4 is 0 Å². The summed E-state index contributed by atoms with van der Waals surface area (Å²) in [6, 6.07) is 23.8. The summed E-state index contributed by atoms with van der Waals surface area (Å²) < 4.78 is 0. The van der Waals surface area contributed by atoms with Crippen LogP contribution in [0, 0.1) is 0 Å². The van der Waals surface area contributed by atoms with Crippen LogP contribution in [0.2, 0.25) is 0 Å². The standard InChI is InChI=1S/C19H17Br.C8H6N2/c20-12-14-5-3-7-17-16(14)10-11-18-15-6-2-1-4-13(15)8-9-19(17)18;1-3-7-4-2-6-10-8(7)9-5-1/h3,5,7-11H,1-2,4,6,12H2;1-6H. The van der Waals surface area contributed by atoms with Gasteiger partial charge in [-0.3, -0.25) is 0 Å². The molecule has 0 N–H and O–H groups in total. The van der Waals surface area contributed by atoms with Gasteiger partial charge in [0, 0.05) is 23.1 Å². The van der Waals surface area contributed by atoms with Crippen molar-refractivity contribution in [3.8, 4) is 0 Å². The van der Waals surface area contributed by atoms with Crippen LogP contribution in [0.5, 0.6) is 0 Å². The summed E-state index contributed by atoms with van der Waals surface area (Å²) in [7, 11) is 0. The van der Waals surface area contributed by atoms with E-state index < -0.39 is 0 Å². The van der Waals surface area contributed by atoms with Crippen molar-refractivity contribution in [2.75, 3.05) is 0 Å². The first-order chi connectivity index (χ1) is 14.8. The molecule has 2 heterocycles. The molecule has 5 aromatic rings. The lowest BCUT2D eigenvalue weighted by molar-refractivity contribution is 0.690. The predicted octanol–water partition coefficient (Wildman–Crippen LogP) is 7.40. The Morgan fingerprint density at radius 1 is 0.667 bits per heavy atom. The number of pyridine rings is 2. The molecule has 0 unspecified atom stereocenters. The van der Waals surface area contributed by atoms with Crippen LogP contribution in [-0.2, 0) is 18.2 Å². The van der Waals surface area contributed by atoms with E-state index in [1.54, 1.807) is 23.5 Å². The van der Waals surface area contributed by atoms with E-state index in [9.17, 15) is 0 Å². The number of benzene rings is 3. The van der Waals surface area contributed by atoms with Crippen molar-refractivity contribution < 1.29 is 0 Å². The van der Waals surface area contributed by atoms with Gasteiger partial charge in [0.05, 0.1) is 0 Å². The maximum atomic E-state index is 4.07. The van der Waals surface area contributed by atoms with Gasteiger partial charge in [0.25, 0.3) is 0 Å². The van der Waals surface area contributed by atoms with Gasteiger partial charge >= 0.3 is 0 Å². The Labute approximate surface area is 185 Å². The van der Waals surface area contributed by atoms with Crippen LogP contribution >= 0.6 is 15.9 Å². The average Bonchev–Trinajstić information content (AvgIpc) is 2.83. The molecule has 148 valence electrons. The van der Waals surface area contributed by atoms with Crippen LogP contribution in [-0.4, -0.2) is 9.97 Å². The zero-order chi connectivity index (χ0) is 20.3. The summed E-state index contributed by atoms with van der Waals surface area (Å²) in [5.74, 6) is 0. The summed E-state index contributed by atoms with van der Waals surface area (Å²) in [6.45, 7) is 0. The summed E-state index contributed by atoms with van der Waals surface area (Å²) in [5, 5.41) is 7.68. The van der Waals surface area contributed by atoms with Gasteiger partial charge in [-0.05, 0) is 88.2 Å². The molecule has 3 aromatic carbocycles. The Hall–Kier alpha value is -2.78. The van der Waals surface area contributed by atoms with Gasteiger partial charge in [-0.15, -0.1) is 0 Å². The normalized spacial score (nSPS) is 13.1. The third-order valence-electron chi connectivity index (χ3n) is 6.00. The van der Waals surface area contributed by atoms with Crippen molar-refractivity contribution in [3.63, 3.8) is 0 Å². The second kappa shape index (κ2) is 8.53. The fourth-order valence-electron chi connectivity index (χ4n) is 4.52. The fraction of sp³-hybridized carbons (Fsp3) is 0.185. The summed E-state index contributed by atoms with van der Waals surface area (Å²) in [4.78, 5) is 8.14. The highest BCUT2D eigenvalue weighted by molar-refractivity contribution is 9.08. The van der Waals surface area contributed by atoms with Crippen LogP contribution in [0.4, 0.5) is 0 Å². The van der Waals surface area contributed by atoms with E-state index in [-0.39, 0.29) is 0 Å². The van der Waals surface area contributed by atoms with Gasteiger partial charge < -0.3 is 0 Å². The quantitative estimate of drug-likeness (QED) is 0.194. The number of nitrogens with zero attached hydrogens (tertiary/aromatic N) is 2. The Bertz CT molecular complexity index is 1280. The zero-order valence-corrected chi connectivity index (χ0v) is 18.4. The Balaban J connectivity index is 0.000000161. The molecular formula is C27H23BrN2. The average molecular weight is 455 g/mol. The molecule has 2 nitrogen and oxygen atoms in total. The van der Waals surface area contributed by atoms with Crippen molar-refractivity contribution in [2.45, 2.75) is 31.0 Å². The molecule has 0 saturated carbocycles. The third kappa shape index (κ3) is 3.59. The molecular weight excluding hydrogens is 432 g/mol. The van der Waals surface area contributed by atoms with Crippen LogP contribution in [0.3, 0.4) is 0 Å². The van der Waals surface area contributed by atoms with E-state index in [1.807, 2.05) is 24.3 Å². The molecule has 1 aliphatic rings. The Morgan fingerprint density at radius 3 is 2.13 bits per heavy atom. The summed E-state index contributed by atoms with van der Waals surface area (Å²) in [5.41, 5.74) is 5.35. The van der Waals surface area contributed by atoms with Crippen molar-refractivity contribution >= 4 is 48.5 Å². The Kier molecular flexibility index (Phi) is 5.46. The third-order valence-corrected chi connectivity index (χ3v) is 6.60. The highest BCUT2D eigenvalue weighted by Gasteiger charge is 2.13. The molecule has 0 fully saturated rings. The predicted molar refractivity (Wildman–Crippen MR) is 130 cm³/mol. The van der Waals surface area contributed by atoms with Crippen molar-refractivity contribution in [1.29, 1.82) is 0 Å². The summed E-state index contributed by atoms with van der Waals surface area (Å²) >= 11 is 3.60. The van der Waals surface area contributed by atoms with Crippen molar-refractivity contribution in [1.82, 2.24) is 9.97 Å². The van der Waals surface area contributed by atoms with E-state index in [1.165, 1.54) is 52.8 Å². The minimum atomic E-state index is 0.810. The lowest BCUT2D eigenvalue weighted by atomic mass is 9.86. The first-order valence-corrected chi connectivity index (χ1v) is 11.6. The second-order valence-corrected chi connectivity index (χ2v) is 8.33. The van der Waals surface area contributed by atoms with Crippen LogP contribution in [0.15, 0.2) is 79.1 Å². The first-order valence-electron chi connectivity index (χ1n) is 10.5. The van der Waals surface area contributed by atoms with E-state index in [4.69, 9.17) is 0 Å². The van der Waals surface area contributed by atoms with Crippen LogP contribution in [0.25, 0.3) is 32.6 Å². The van der Waals surface area contributed by atoms with E-state index in [0.717, 1.165) is 16.4 Å². The monoisotopic (exact) mass is 454 g/mol. The largest absolute Gasteiger partial charge is 0.237 e. The minimum absolute atomic E-state index is 0.810. The van der Waals surface area contributed by atoms with E-state index in [0.29, 0.717) is 0 Å². The van der Waals surface area contributed by atoms with Gasteiger partial charge in [0.2, 0.25) is 0 Å². The van der Waals surface area contributed by atoms with Gasteiger partial charge in [-0.1, -0.05) is 58.4 Å². The molecule has 2 aromatic heterocycles.